The van der Waals surface area contributed by atoms with Gasteiger partial charge in [0.15, 0.2) is 0 Å². The van der Waals surface area contributed by atoms with E-state index in [0.717, 1.165) is 39.8 Å². The van der Waals surface area contributed by atoms with Gasteiger partial charge in [-0.3, -0.25) is 9.59 Å². The molecule has 0 unspecified atom stereocenters. The van der Waals surface area contributed by atoms with E-state index in [4.69, 9.17) is 9.47 Å². The fourth-order valence-electron chi connectivity index (χ4n) is 7.97. The van der Waals surface area contributed by atoms with Gasteiger partial charge >= 0.3 is 12.1 Å². The number of esters is 1. The number of nitrogens with zero attached hydrogens (tertiary/aromatic N) is 2. The van der Waals surface area contributed by atoms with E-state index in [1.165, 1.54) is 0 Å². The first-order chi connectivity index (χ1) is 25.8. The number of allylic oxidation sites excluding steroid dienone is 2. The van der Waals surface area contributed by atoms with Crippen LogP contribution in [0.25, 0.3) is 11.1 Å². The second-order valence-electron chi connectivity index (χ2n) is 14.1. The molecule has 3 aliphatic rings. The number of ether oxygens (including phenoxy) is 2. The van der Waals surface area contributed by atoms with Crippen LogP contribution in [0.1, 0.15) is 66.7 Å². The fourth-order valence-corrected chi connectivity index (χ4v) is 7.97. The number of amides is 3. The molecule has 3 aromatic rings. The van der Waals surface area contributed by atoms with Crippen LogP contribution in [0.3, 0.4) is 0 Å². The number of carbonyl (C=O) groups excluding carboxylic acids is 4. The van der Waals surface area contributed by atoms with Crippen molar-refractivity contribution in [2.24, 2.45) is 5.92 Å². The van der Waals surface area contributed by atoms with Crippen molar-refractivity contribution in [2.45, 2.75) is 75.5 Å². The molecule has 6 rings (SSSR count). The van der Waals surface area contributed by atoms with Crippen LogP contribution in [-0.2, 0) is 36.8 Å². The molecule has 0 bridgehead atoms. The van der Waals surface area contributed by atoms with Crippen molar-refractivity contribution >= 4 is 23.9 Å². The Balaban J connectivity index is 1.04. The maximum Gasteiger partial charge on any atom is 0.407 e. The van der Waals surface area contributed by atoms with Crippen molar-refractivity contribution in [1.82, 2.24) is 15.1 Å². The van der Waals surface area contributed by atoms with Crippen molar-refractivity contribution in [3.63, 3.8) is 0 Å². The number of rotatable bonds is 15. The molecule has 10 nitrogen and oxygen atoms in total. The Bertz CT molecular complexity index is 1780. The van der Waals surface area contributed by atoms with Gasteiger partial charge in [0.25, 0.3) is 0 Å². The highest BCUT2D eigenvalue weighted by Crippen LogP contribution is 2.44. The molecule has 278 valence electrons. The predicted octanol–water partition coefficient (Wildman–Crippen LogP) is 5.92. The number of benzene rings is 3. The third-order valence-electron chi connectivity index (χ3n) is 10.8. The number of aliphatic hydroxyl groups excluding tert-OH is 1. The number of carbonyl (C=O) groups is 4. The minimum atomic E-state index is -0.963. The SMILES string of the molecule is C=CCC[C@H](NC(=O)OCC1c2ccccc2-c2ccccc21)C(=O)OC[C@@H]1CCCN1C(=O)[C@@H](CC=C)CC(=O)N1Cc2ccccc2C[C@H]1CO. The van der Waals surface area contributed by atoms with E-state index in [2.05, 4.69) is 30.6 Å². The van der Waals surface area contributed by atoms with E-state index in [-0.39, 0.29) is 62.5 Å². The summed E-state index contributed by atoms with van der Waals surface area (Å²) in [5.41, 5.74) is 6.57. The molecule has 53 heavy (non-hydrogen) atoms. The van der Waals surface area contributed by atoms with Crippen LogP contribution in [0.2, 0.25) is 0 Å². The minimum Gasteiger partial charge on any atom is -0.462 e. The van der Waals surface area contributed by atoms with Crippen LogP contribution in [0.5, 0.6) is 0 Å². The zero-order chi connectivity index (χ0) is 37.3. The second-order valence-corrected chi connectivity index (χ2v) is 14.1. The van der Waals surface area contributed by atoms with Crippen molar-refractivity contribution in [2.75, 3.05) is 26.4 Å². The van der Waals surface area contributed by atoms with E-state index in [1.54, 1.807) is 22.0 Å². The van der Waals surface area contributed by atoms with E-state index in [1.807, 2.05) is 60.7 Å². The fraction of sp³-hybridized carbons (Fsp3) is 0.395. The molecular weight excluding hydrogens is 670 g/mol. The van der Waals surface area contributed by atoms with Crippen LogP contribution in [-0.4, -0.2) is 83.3 Å². The van der Waals surface area contributed by atoms with Crippen LogP contribution >= 0.6 is 0 Å². The summed E-state index contributed by atoms with van der Waals surface area (Å²) in [7, 11) is 0. The number of alkyl carbamates (subject to hydrolysis) is 1. The number of likely N-dealkylation sites (tertiary alicyclic amines) is 1. The lowest BCUT2D eigenvalue weighted by Gasteiger charge is -2.37. The molecular formula is C43H49N3O7. The topological polar surface area (TPSA) is 125 Å². The molecule has 3 amide bonds. The van der Waals surface area contributed by atoms with Crippen LogP contribution in [0, 0.1) is 5.92 Å². The molecule has 10 heteroatoms. The van der Waals surface area contributed by atoms with Crippen LogP contribution in [0.4, 0.5) is 4.79 Å². The van der Waals surface area contributed by atoms with Gasteiger partial charge in [0.05, 0.1) is 24.6 Å². The lowest BCUT2D eigenvalue weighted by molar-refractivity contribution is -0.151. The third-order valence-corrected chi connectivity index (χ3v) is 10.8. The van der Waals surface area contributed by atoms with E-state index < -0.39 is 24.0 Å². The standard InChI is InChI=1S/C43H49N3O7/c1-3-5-21-39(44-43(51)53-28-38-36-19-10-8-17-34(36)35-18-9-11-20-37(35)38)42(50)52-27-32-16-12-22-45(32)41(49)30(13-4-2)24-40(48)46-25-31-15-7-6-14-29(31)23-33(46)26-47/h3-4,6-11,14-15,17-20,30,32-33,38-39,47H,1-2,5,12-13,16,21-28H2,(H,44,51)/t30-,32-,33-,39-/m0/s1. The van der Waals surface area contributed by atoms with Gasteiger partial charge in [-0.15, -0.1) is 13.2 Å². The zero-order valence-electron chi connectivity index (χ0n) is 30.2. The summed E-state index contributed by atoms with van der Waals surface area (Å²) in [4.78, 5) is 57.5. The van der Waals surface area contributed by atoms with Gasteiger partial charge in [0.1, 0.15) is 19.3 Å². The van der Waals surface area contributed by atoms with E-state index in [9.17, 15) is 24.3 Å². The Morgan fingerprint density at radius 2 is 1.53 bits per heavy atom. The summed E-state index contributed by atoms with van der Waals surface area (Å²) < 4.78 is 11.4. The predicted molar refractivity (Wildman–Crippen MR) is 202 cm³/mol. The average Bonchev–Trinajstić information content (AvgIpc) is 3.79. The quantitative estimate of drug-likeness (QED) is 0.148. The van der Waals surface area contributed by atoms with Crippen molar-refractivity contribution in [3.8, 4) is 11.1 Å². The van der Waals surface area contributed by atoms with Gasteiger partial charge in [0, 0.05) is 25.4 Å². The highest BCUT2D eigenvalue weighted by atomic mass is 16.6. The van der Waals surface area contributed by atoms with Crippen molar-refractivity contribution < 1.29 is 33.8 Å². The smallest absolute Gasteiger partial charge is 0.407 e. The van der Waals surface area contributed by atoms with Gasteiger partial charge in [-0.05, 0) is 71.9 Å². The molecule has 1 aliphatic carbocycles. The first kappa shape index (κ1) is 37.5. The van der Waals surface area contributed by atoms with E-state index in [0.29, 0.717) is 38.8 Å². The Morgan fingerprint density at radius 3 is 2.21 bits per heavy atom. The summed E-state index contributed by atoms with van der Waals surface area (Å²) in [6.45, 7) is 8.37. The van der Waals surface area contributed by atoms with Gasteiger partial charge in [-0.25, -0.2) is 9.59 Å². The Hall–Kier alpha value is -5.22. The number of nitrogens with one attached hydrogen (secondary N) is 1. The van der Waals surface area contributed by atoms with Crippen LogP contribution in [0.15, 0.2) is 98.1 Å². The molecule has 2 heterocycles. The van der Waals surface area contributed by atoms with Crippen molar-refractivity contribution in [3.05, 3.63) is 120 Å². The summed E-state index contributed by atoms with van der Waals surface area (Å²) in [6.07, 6.45) is 5.58. The molecule has 0 radical (unpaired) electrons. The Morgan fingerprint density at radius 1 is 0.849 bits per heavy atom. The minimum absolute atomic E-state index is 0.0137. The maximum atomic E-state index is 13.9. The number of hydrogen-bond acceptors (Lipinski definition) is 7. The van der Waals surface area contributed by atoms with Crippen LogP contribution < -0.4 is 5.32 Å². The molecule has 3 aromatic carbocycles. The summed E-state index contributed by atoms with van der Waals surface area (Å²) in [6, 6.07) is 22.4. The maximum absolute atomic E-state index is 13.9. The molecule has 0 aromatic heterocycles. The second kappa shape index (κ2) is 17.5. The molecule has 1 fully saturated rings. The molecule has 2 N–H and O–H groups in total. The number of fused-ring (bicyclic) bond motifs is 4. The first-order valence-electron chi connectivity index (χ1n) is 18.6. The van der Waals surface area contributed by atoms with Gasteiger partial charge < -0.3 is 29.7 Å². The molecule has 1 saturated heterocycles. The summed E-state index contributed by atoms with van der Waals surface area (Å²) in [5, 5.41) is 12.8. The number of hydrogen-bond donors (Lipinski definition) is 2. The lowest BCUT2D eigenvalue weighted by Crippen LogP contribution is -2.48. The third kappa shape index (κ3) is 8.54. The first-order valence-corrected chi connectivity index (χ1v) is 18.6. The van der Waals surface area contributed by atoms with Crippen molar-refractivity contribution in [1.29, 1.82) is 0 Å². The Kier molecular flexibility index (Phi) is 12.4. The van der Waals surface area contributed by atoms with Gasteiger partial charge in [-0.1, -0.05) is 84.9 Å². The molecule has 2 aliphatic heterocycles. The highest BCUT2D eigenvalue weighted by molar-refractivity contribution is 5.87. The largest absolute Gasteiger partial charge is 0.462 e. The summed E-state index contributed by atoms with van der Waals surface area (Å²) >= 11 is 0. The van der Waals surface area contributed by atoms with E-state index >= 15 is 0 Å². The lowest BCUT2D eigenvalue weighted by atomic mass is 9.92. The molecule has 4 atom stereocenters. The normalized spacial score (nSPS) is 18.6. The molecule has 0 spiro atoms. The highest BCUT2D eigenvalue weighted by Gasteiger charge is 2.37. The molecule has 0 saturated carbocycles. The zero-order valence-corrected chi connectivity index (χ0v) is 30.2. The van der Waals surface area contributed by atoms with Gasteiger partial charge in [-0.2, -0.15) is 0 Å². The van der Waals surface area contributed by atoms with Gasteiger partial charge in [0.2, 0.25) is 11.8 Å². The monoisotopic (exact) mass is 719 g/mol. The average molecular weight is 720 g/mol. The summed E-state index contributed by atoms with van der Waals surface area (Å²) in [5.74, 6) is -1.74. The number of aliphatic hydroxyl groups is 1. The Labute approximate surface area is 311 Å².